The van der Waals surface area contributed by atoms with Gasteiger partial charge in [-0.25, -0.2) is 14.7 Å². The first kappa shape index (κ1) is 15.7. The maximum atomic E-state index is 11.8. The third kappa shape index (κ3) is 6.11. The molecule has 0 unspecified atom stereocenters. The molecule has 0 aromatic heterocycles. The summed E-state index contributed by atoms with van der Waals surface area (Å²) in [7, 11) is 1.18. The average Bonchev–Trinajstić information content (AvgIpc) is 2.09. The highest BCUT2D eigenvalue weighted by molar-refractivity contribution is 5.83. The number of rotatable bonds is 3. The smallest absolute Gasteiger partial charge is 0.341 e. The van der Waals surface area contributed by atoms with Crippen molar-refractivity contribution in [2.45, 2.75) is 46.3 Å². The van der Waals surface area contributed by atoms with Gasteiger partial charge in [-0.3, -0.25) is 5.21 Å². The molecule has 0 aliphatic rings. The Balaban J connectivity index is 4.64. The van der Waals surface area contributed by atoms with Crippen LogP contribution in [0.2, 0.25) is 0 Å². The molecule has 0 bridgehead atoms. The zero-order valence-corrected chi connectivity index (χ0v) is 11.3. The third-order valence-corrected chi connectivity index (χ3v) is 1.90. The number of nitrogens with zero attached hydrogens (tertiary/aromatic N) is 1. The van der Waals surface area contributed by atoms with E-state index in [1.807, 2.05) is 0 Å². The minimum Gasteiger partial charge on any atom is -0.458 e. The Kier molecular flexibility index (Phi) is 5.41. The Labute approximate surface area is 102 Å². The Bertz CT molecular complexity index is 282. The van der Waals surface area contributed by atoms with E-state index in [2.05, 4.69) is 5.32 Å². The van der Waals surface area contributed by atoms with Gasteiger partial charge >= 0.3 is 12.0 Å². The second-order valence-corrected chi connectivity index (χ2v) is 5.23. The van der Waals surface area contributed by atoms with Crippen LogP contribution in [-0.2, 0) is 9.53 Å². The molecule has 100 valence electrons. The van der Waals surface area contributed by atoms with E-state index < -0.39 is 23.6 Å². The standard InChI is InChI=1S/C11H22N2O4/c1-7(2)8(12-10(15)13(6)16)9(14)17-11(3,4)5/h7-8,16H,1-6H3,(H,12,15)/t8-/m0/s1. The summed E-state index contributed by atoms with van der Waals surface area (Å²) < 4.78 is 5.19. The molecule has 0 aliphatic heterocycles. The van der Waals surface area contributed by atoms with Gasteiger partial charge < -0.3 is 10.1 Å². The van der Waals surface area contributed by atoms with Crippen molar-refractivity contribution in [2.24, 2.45) is 5.92 Å². The predicted octanol–water partition coefficient (Wildman–Crippen LogP) is 1.38. The van der Waals surface area contributed by atoms with Crippen LogP contribution in [0.25, 0.3) is 0 Å². The van der Waals surface area contributed by atoms with Gasteiger partial charge in [-0.1, -0.05) is 13.8 Å². The van der Waals surface area contributed by atoms with Crippen LogP contribution in [0.3, 0.4) is 0 Å². The number of hydrogen-bond donors (Lipinski definition) is 2. The van der Waals surface area contributed by atoms with Crippen molar-refractivity contribution < 1.29 is 19.5 Å². The summed E-state index contributed by atoms with van der Waals surface area (Å²) in [6, 6.07) is -1.52. The number of carbonyl (C=O) groups excluding carboxylic acids is 2. The van der Waals surface area contributed by atoms with Gasteiger partial charge in [0.1, 0.15) is 11.6 Å². The van der Waals surface area contributed by atoms with Gasteiger partial charge in [0.05, 0.1) is 0 Å². The highest BCUT2D eigenvalue weighted by Crippen LogP contribution is 2.12. The molecule has 0 radical (unpaired) electrons. The largest absolute Gasteiger partial charge is 0.458 e. The summed E-state index contributed by atoms with van der Waals surface area (Å²) >= 11 is 0. The molecule has 0 aromatic carbocycles. The van der Waals surface area contributed by atoms with Crippen molar-refractivity contribution in [3.8, 4) is 0 Å². The summed E-state index contributed by atoms with van der Waals surface area (Å²) in [6.07, 6.45) is 0. The van der Waals surface area contributed by atoms with Crippen LogP contribution in [-0.4, -0.2) is 41.0 Å². The van der Waals surface area contributed by atoms with Crippen LogP contribution in [0.5, 0.6) is 0 Å². The van der Waals surface area contributed by atoms with Crippen molar-refractivity contribution >= 4 is 12.0 Å². The number of hydroxylamine groups is 2. The first-order chi connectivity index (χ1) is 7.54. The number of amides is 2. The summed E-state index contributed by atoms with van der Waals surface area (Å²) in [5.74, 6) is -0.642. The van der Waals surface area contributed by atoms with Gasteiger partial charge in [0.25, 0.3) is 0 Å². The maximum absolute atomic E-state index is 11.8. The van der Waals surface area contributed by atoms with E-state index in [0.717, 1.165) is 0 Å². The summed E-state index contributed by atoms with van der Waals surface area (Å²) in [4.78, 5) is 23.1. The Morgan fingerprint density at radius 3 is 2.06 bits per heavy atom. The Hall–Kier alpha value is -1.30. The Morgan fingerprint density at radius 2 is 1.76 bits per heavy atom. The van der Waals surface area contributed by atoms with Crippen LogP contribution < -0.4 is 5.32 Å². The second kappa shape index (κ2) is 5.86. The van der Waals surface area contributed by atoms with Crippen LogP contribution in [0.1, 0.15) is 34.6 Å². The summed E-state index contributed by atoms with van der Waals surface area (Å²) in [6.45, 7) is 8.82. The van der Waals surface area contributed by atoms with Crippen molar-refractivity contribution in [2.75, 3.05) is 7.05 Å². The average molecular weight is 246 g/mol. The number of hydrogen-bond acceptors (Lipinski definition) is 4. The van der Waals surface area contributed by atoms with E-state index in [9.17, 15) is 9.59 Å². The van der Waals surface area contributed by atoms with E-state index in [-0.39, 0.29) is 5.92 Å². The van der Waals surface area contributed by atoms with Crippen molar-refractivity contribution in [3.63, 3.8) is 0 Å². The lowest BCUT2D eigenvalue weighted by Gasteiger charge is -2.27. The molecule has 0 rings (SSSR count). The highest BCUT2D eigenvalue weighted by Gasteiger charge is 2.29. The zero-order valence-electron chi connectivity index (χ0n) is 11.3. The molecule has 0 spiro atoms. The molecule has 6 heteroatoms. The molecule has 0 saturated heterocycles. The lowest BCUT2D eigenvalue weighted by molar-refractivity contribution is -0.158. The van der Waals surface area contributed by atoms with Crippen molar-refractivity contribution in [3.05, 3.63) is 0 Å². The Morgan fingerprint density at radius 1 is 1.29 bits per heavy atom. The van der Waals surface area contributed by atoms with Crippen molar-refractivity contribution in [1.82, 2.24) is 10.4 Å². The molecule has 17 heavy (non-hydrogen) atoms. The fourth-order valence-electron chi connectivity index (χ4n) is 1.09. The molecule has 0 aromatic rings. The fourth-order valence-corrected chi connectivity index (χ4v) is 1.09. The molecule has 2 N–H and O–H groups in total. The second-order valence-electron chi connectivity index (χ2n) is 5.23. The topological polar surface area (TPSA) is 78.9 Å². The molecule has 0 aliphatic carbocycles. The van der Waals surface area contributed by atoms with Crippen LogP contribution >= 0.6 is 0 Å². The highest BCUT2D eigenvalue weighted by atomic mass is 16.6. The maximum Gasteiger partial charge on any atom is 0.341 e. The molecule has 6 nitrogen and oxygen atoms in total. The number of nitrogens with one attached hydrogen (secondary N) is 1. The van der Waals surface area contributed by atoms with Gasteiger partial charge in [-0.05, 0) is 26.7 Å². The first-order valence-corrected chi connectivity index (χ1v) is 5.50. The van der Waals surface area contributed by atoms with Gasteiger partial charge in [-0.2, -0.15) is 0 Å². The quantitative estimate of drug-likeness (QED) is 0.448. The molecule has 0 heterocycles. The van der Waals surface area contributed by atoms with Crippen LogP contribution in [0.4, 0.5) is 4.79 Å². The number of carbonyl (C=O) groups is 2. The molecular weight excluding hydrogens is 224 g/mol. The van der Waals surface area contributed by atoms with Crippen LogP contribution in [0, 0.1) is 5.92 Å². The summed E-state index contributed by atoms with van der Waals surface area (Å²) in [5, 5.41) is 11.7. The van der Waals surface area contributed by atoms with E-state index in [0.29, 0.717) is 5.06 Å². The first-order valence-electron chi connectivity index (χ1n) is 5.50. The van der Waals surface area contributed by atoms with Gasteiger partial charge in [0, 0.05) is 7.05 Å². The lowest BCUT2D eigenvalue weighted by atomic mass is 10.0. The molecule has 0 saturated carbocycles. The third-order valence-electron chi connectivity index (χ3n) is 1.90. The van der Waals surface area contributed by atoms with E-state index >= 15 is 0 Å². The van der Waals surface area contributed by atoms with E-state index in [1.54, 1.807) is 34.6 Å². The summed E-state index contributed by atoms with van der Waals surface area (Å²) in [5.41, 5.74) is -0.611. The molecular formula is C11H22N2O4. The fraction of sp³-hybridized carbons (Fsp3) is 0.818. The minimum atomic E-state index is -0.781. The van der Waals surface area contributed by atoms with Gasteiger partial charge in [0.15, 0.2) is 0 Å². The van der Waals surface area contributed by atoms with E-state index in [1.165, 1.54) is 7.05 Å². The SMILES string of the molecule is CC(C)[C@H](NC(=O)N(C)O)C(=O)OC(C)(C)C. The number of ether oxygens (including phenoxy) is 1. The molecule has 2 amide bonds. The molecule has 1 atom stereocenters. The lowest BCUT2D eigenvalue weighted by Crippen LogP contribution is -2.50. The van der Waals surface area contributed by atoms with Gasteiger partial charge in [0.2, 0.25) is 0 Å². The predicted molar refractivity (Wildman–Crippen MR) is 62.6 cm³/mol. The number of urea groups is 1. The van der Waals surface area contributed by atoms with Crippen LogP contribution in [0.15, 0.2) is 0 Å². The monoisotopic (exact) mass is 246 g/mol. The zero-order chi connectivity index (χ0) is 13.8. The van der Waals surface area contributed by atoms with E-state index in [4.69, 9.17) is 9.94 Å². The number of esters is 1. The van der Waals surface area contributed by atoms with Crippen molar-refractivity contribution in [1.29, 1.82) is 0 Å². The normalized spacial score (nSPS) is 13.2. The van der Waals surface area contributed by atoms with Gasteiger partial charge in [-0.15, -0.1) is 0 Å². The minimum absolute atomic E-state index is 0.131. The molecule has 0 fully saturated rings.